The van der Waals surface area contributed by atoms with Gasteiger partial charge in [-0.15, -0.1) is 35.3 Å². The monoisotopic (exact) mass is 522 g/mol. The van der Waals surface area contributed by atoms with Gasteiger partial charge in [0.05, 0.1) is 0 Å². The van der Waals surface area contributed by atoms with E-state index >= 15 is 0 Å². The summed E-state index contributed by atoms with van der Waals surface area (Å²) >= 11 is 1.86. The highest BCUT2D eigenvalue weighted by atomic mass is 127. The molecule has 0 aliphatic carbocycles. The van der Waals surface area contributed by atoms with Crippen LogP contribution in [0.5, 0.6) is 0 Å². The summed E-state index contributed by atoms with van der Waals surface area (Å²) in [5, 5.41) is 8.98. The number of halogens is 1. The van der Waals surface area contributed by atoms with Crippen LogP contribution in [-0.2, 0) is 11.3 Å². The number of guanidine groups is 1. The molecule has 2 heterocycles. The van der Waals surface area contributed by atoms with Gasteiger partial charge in [-0.05, 0) is 56.5 Å². The molecule has 5 nitrogen and oxygen atoms in total. The molecule has 0 amide bonds. The molecule has 1 fully saturated rings. The Morgan fingerprint density at radius 3 is 2.89 bits per heavy atom. The second-order valence-corrected chi connectivity index (χ2v) is 8.32. The number of likely N-dealkylation sites (tertiary alicyclic amines) is 1. The molecule has 1 aliphatic heterocycles. The molecule has 0 bridgehead atoms. The molecule has 7 heteroatoms. The average Bonchev–Trinajstić information content (AvgIpc) is 3.18. The fourth-order valence-electron chi connectivity index (χ4n) is 3.36. The van der Waals surface area contributed by atoms with Crippen LogP contribution >= 0.6 is 35.3 Å². The lowest BCUT2D eigenvalue weighted by Crippen LogP contribution is -2.40. The normalized spacial score (nSPS) is 17.9. The van der Waals surface area contributed by atoms with E-state index in [1.807, 2.05) is 11.3 Å². The summed E-state index contributed by atoms with van der Waals surface area (Å²) in [6, 6.07) is 4.39. The van der Waals surface area contributed by atoms with Crippen LogP contribution in [0.25, 0.3) is 0 Å². The van der Waals surface area contributed by atoms with Crippen molar-refractivity contribution in [2.24, 2.45) is 10.9 Å². The predicted octanol–water partition coefficient (Wildman–Crippen LogP) is 4.34. The number of hydrogen-bond donors (Lipinski definition) is 2. The summed E-state index contributed by atoms with van der Waals surface area (Å²) in [7, 11) is 0. The lowest BCUT2D eigenvalue weighted by atomic mass is 9.98. The molecule has 0 spiro atoms. The quantitative estimate of drug-likeness (QED) is 0.186. The first-order valence-corrected chi connectivity index (χ1v) is 11.5. The molecule has 1 atom stereocenters. The summed E-state index contributed by atoms with van der Waals surface area (Å²) in [4.78, 5) is 8.90. The van der Waals surface area contributed by atoms with E-state index in [2.05, 4.69) is 46.9 Å². The molecule has 162 valence electrons. The van der Waals surface area contributed by atoms with Crippen LogP contribution in [0.15, 0.2) is 22.5 Å². The van der Waals surface area contributed by atoms with Gasteiger partial charge in [0, 0.05) is 50.8 Å². The minimum atomic E-state index is 0. The van der Waals surface area contributed by atoms with Crippen LogP contribution in [-0.4, -0.2) is 56.8 Å². The van der Waals surface area contributed by atoms with E-state index in [0.717, 1.165) is 64.7 Å². The lowest BCUT2D eigenvalue weighted by molar-refractivity contribution is 0.129. The fraction of sp³-hybridized carbons (Fsp3) is 0.762. The minimum absolute atomic E-state index is 0. The third-order valence-corrected chi connectivity index (χ3v) is 5.68. The highest BCUT2D eigenvalue weighted by molar-refractivity contribution is 14.0. The number of thiophene rings is 1. The molecule has 1 aromatic rings. The summed E-state index contributed by atoms with van der Waals surface area (Å²) in [5.41, 5.74) is 0. The third kappa shape index (κ3) is 11.0. The zero-order valence-corrected chi connectivity index (χ0v) is 20.8. The molecule has 1 aromatic heterocycles. The van der Waals surface area contributed by atoms with Crippen molar-refractivity contribution in [2.45, 2.75) is 52.5 Å². The van der Waals surface area contributed by atoms with Gasteiger partial charge in [-0.25, -0.2) is 0 Å². The first kappa shape index (κ1) is 25.7. The highest BCUT2D eigenvalue weighted by Gasteiger charge is 2.20. The Bertz CT molecular complexity index is 513. The van der Waals surface area contributed by atoms with Gasteiger partial charge in [0.15, 0.2) is 5.96 Å². The number of rotatable bonds is 12. The molecule has 28 heavy (non-hydrogen) atoms. The van der Waals surface area contributed by atoms with Crippen molar-refractivity contribution in [3.63, 3.8) is 0 Å². The molecule has 1 saturated heterocycles. The first-order chi connectivity index (χ1) is 13.3. The van der Waals surface area contributed by atoms with Crippen molar-refractivity contribution < 1.29 is 4.74 Å². The van der Waals surface area contributed by atoms with E-state index in [9.17, 15) is 0 Å². The van der Waals surface area contributed by atoms with Crippen LogP contribution < -0.4 is 10.6 Å². The van der Waals surface area contributed by atoms with Gasteiger partial charge in [-0.1, -0.05) is 19.4 Å². The molecule has 0 radical (unpaired) electrons. The van der Waals surface area contributed by atoms with Crippen molar-refractivity contribution in [2.75, 3.05) is 45.9 Å². The van der Waals surface area contributed by atoms with Gasteiger partial charge < -0.3 is 15.4 Å². The Morgan fingerprint density at radius 1 is 1.29 bits per heavy atom. The Balaban J connectivity index is 0.00000392. The first-order valence-electron chi connectivity index (χ1n) is 10.7. The zero-order chi connectivity index (χ0) is 19.2. The third-order valence-electron chi connectivity index (χ3n) is 4.81. The summed E-state index contributed by atoms with van der Waals surface area (Å²) in [6.45, 7) is 12.2. The number of hydrogen-bond acceptors (Lipinski definition) is 4. The van der Waals surface area contributed by atoms with Gasteiger partial charge in [0.2, 0.25) is 0 Å². The Hall–Kier alpha value is -0.380. The topological polar surface area (TPSA) is 48.9 Å². The van der Waals surface area contributed by atoms with E-state index < -0.39 is 0 Å². The SMILES string of the molecule is CCCCOCCCNC(=NCC1CCCN(Cc2cccs2)C1)NCC.I. The predicted molar refractivity (Wildman–Crippen MR) is 132 cm³/mol. The summed E-state index contributed by atoms with van der Waals surface area (Å²) < 4.78 is 5.62. The van der Waals surface area contributed by atoms with Crippen molar-refractivity contribution in [1.82, 2.24) is 15.5 Å². The Kier molecular flexibility index (Phi) is 15.0. The fourth-order valence-corrected chi connectivity index (χ4v) is 4.10. The lowest BCUT2D eigenvalue weighted by Gasteiger charge is -2.31. The number of aliphatic imine (C=N–C) groups is 1. The van der Waals surface area contributed by atoms with E-state index in [0.29, 0.717) is 5.92 Å². The maximum absolute atomic E-state index is 5.62. The summed E-state index contributed by atoms with van der Waals surface area (Å²) in [6.07, 6.45) is 5.94. The smallest absolute Gasteiger partial charge is 0.191 e. The average molecular weight is 523 g/mol. The van der Waals surface area contributed by atoms with Gasteiger partial charge in [0.1, 0.15) is 0 Å². The molecular weight excluding hydrogens is 483 g/mol. The van der Waals surface area contributed by atoms with Gasteiger partial charge in [-0.3, -0.25) is 9.89 Å². The van der Waals surface area contributed by atoms with E-state index in [4.69, 9.17) is 9.73 Å². The molecule has 0 saturated carbocycles. The van der Waals surface area contributed by atoms with E-state index in [-0.39, 0.29) is 24.0 Å². The van der Waals surface area contributed by atoms with Crippen LogP contribution in [0.4, 0.5) is 0 Å². The Labute approximate surface area is 192 Å². The summed E-state index contributed by atoms with van der Waals surface area (Å²) in [5.74, 6) is 1.60. The van der Waals surface area contributed by atoms with Crippen LogP contribution in [0.3, 0.4) is 0 Å². The highest BCUT2D eigenvalue weighted by Crippen LogP contribution is 2.20. The number of unbranched alkanes of at least 4 members (excludes halogenated alkanes) is 1. The van der Waals surface area contributed by atoms with Crippen molar-refractivity contribution in [3.05, 3.63) is 22.4 Å². The van der Waals surface area contributed by atoms with Crippen molar-refractivity contribution in [1.29, 1.82) is 0 Å². The van der Waals surface area contributed by atoms with Gasteiger partial charge >= 0.3 is 0 Å². The second kappa shape index (κ2) is 16.4. The largest absolute Gasteiger partial charge is 0.381 e. The number of piperidine rings is 1. The van der Waals surface area contributed by atoms with Crippen LogP contribution in [0.2, 0.25) is 0 Å². The van der Waals surface area contributed by atoms with E-state index in [1.165, 1.54) is 30.7 Å². The zero-order valence-electron chi connectivity index (χ0n) is 17.6. The molecule has 1 unspecified atom stereocenters. The van der Waals surface area contributed by atoms with Crippen molar-refractivity contribution in [3.8, 4) is 0 Å². The molecule has 2 N–H and O–H groups in total. The number of nitrogens with zero attached hydrogens (tertiary/aromatic N) is 2. The Morgan fingerprint density at radius 2 is 2.14 bits per heavy atom. The maximum atomic E-state index is 5.62. The van der Waals surface area contributed by atoms with Crippen LogP contribution in [0, 0.1) is 5.92 Å². The molecular formula is C21H39IN4OS. The van der Waals surface area contributed by atoms with Crippen molar-refractivity contribution >= 4 is 41.3 Å². The van der Waals surface area contributed by atoms with Crippen LogP contribution in [0.1, 0.15) is 50.8 Å². The van der Waals surface area contributed by atoms with Gasteiger partial charge in [0.25, 0.3) is 0 Å². The molecule has 1 aliphatic rings. The second-order valence-electron chi connectivity index (χ2n) is 7.29. The van der Waals surface area contributed by atoms with E-state index in [1.54, 1.807) is 0 Å². The number of nitrogens with one attached hydrogen (secondary N) is 2. The molecule has 2 rings (SSSR count). The standard InChI is InChI=1S/C21H38N4OS.HI/c1-3-5-13-26-14-8-11-23-21(22-4-2)24-16-19-9-6-12-25(17-19)18-20-10-7-15-27-20;/h7,10,15,19H,3-6,8-9,11-14,16-18H2,1-2H3,(H2,22,23,24);1H. The number of ether oxygens (including phenoxy) is 1. The molecule has 0 aromatic carbocycles. The maximum Gasteiger partial charge on any atom is 0.191 e. The minimum Gasteiger partial charge on any atom is -0.381 e. The van der Waals surface area contributed by atoms with Gasteiger partial charge in [-0.2, -0.15) is 0 Å².